The number of carbonyl (C=O) groups excluding carboxylic acids is 2. The summed E-state index contributed by atoms with van der Waals surface area (Å²) in [5.74, 6) is -1.99. The number of halogens is 5. The van der Waals surface area contributed by atoms with Gasteiger partial charge in [0.15, 0.2) is 0 Å². The molecule has 5 nitrogen and oxygen atoms in total. The van der Waals surface area contributed by atoms with E-state index in [2.05, 4.69) is 16.0 Å². The Morgan fingerprint density at radius 1 is 0.889 bits per heavy atom. The van der Waals surface area contributed by atoms with Crippen molar-refractivity contribution >= 4 is 86.9 Å². The molecule has 0 spiro atoms. The van der Waals surface area contributed by atoms with Crippen LogP contribution in [-0.2, 0) is 11.2 Å². The van der Waals surface area contributed by atoms with E-state index in [0.717, 1.165) is 30.6 Å². The quantitative estimate of drug-likeness (QED) is 0.269. The molecular formula is C26H20Cl5N3O2. The monoisotopic (exact) mass is 581 g/mol. The Balaban J connectivity index is 1.31. The van der Waals surface area contributed by atoms with E-state index in [1.54, 1.807) is 30.3 Å². The summed E-state index contributed by atoms with van der Waals surface area (Å²) in [4.78, 5) is 26.1. The largest absolute Gasteiger partial charge is 0.385 e. The molecule has 0 saturated heterocycles. The van der Waals surface area contributed by atoms with E-state index in [1.165, 1.54) is 6.07 Å². The highest BCUT2D eigenvalue weighted by Crippen LogP contribution is 2.65. The van der Waals surface area contributed by atoms with Crippen molar-refractivity contribution in [3.05, 3.63) is 86.4 Å². The average Bonchev–Trinajstić information content (AvgIpc) is 3.41. The van der Waals surface area contributed by atoms with Crippen LogP contribution >= 0.6 is 58.0 Å². The molecule has 5 rings (SSSR count). The van der Waals surface area contributed by atoms with Crippen LogP contribution in [0.5, 0.6) is 0 Å². The third-order valence-electron chi connectivity index (χ3n) is 6.36. The van der Waals surface area contributed by atoms with Gasteiger partial charge in [0, 0.05) is 39.6 Å². The van der Waals surface area contributed by atoms with E-state index < -0.39 is 22.1 Å². The van der Waals surface area contributed by atoms with Crippen LogP contribution < -0.4 is 16.0 Å². The predicted octanol–water partition coefficient (Wildman–Crippen LogP) is 7.78. The van der Waals surface area contributed by atoms with Gasteiger partial charge in [-0.1, -0.05) is 34.8 Å². The summed E-state index contributed by atoms with van der Waals surface area (Å²) in [6, 6.07) is 15.4. The van der Waals surface area contributed by atoms with E-state index in [4.69, 9.17) is 58.0 Å². The minimum atomic E-state index is -1.31. The van der Waals surface area contributed by atoms with Gasteiger partial charge in [-0.15, -0.1) is 23.2 Å². The fourth-order valence-corrected chi connectivity index (χ4v) is 6.14. The lowest BCUT2D eigenvalue weighted by Gasteiger charge is -2.19. The zero-order valence-electron chi connectivity index (χ0n) is 18.7. The third kappa shape index (κ3) is 5.13. The van der Waals surface area contributed by atoms with Gasteiger partial charge in [-0.3, -0.25) is 9.59 Å². The van der Waals surface area contributed by atoms with Crippen LogP contribution in [0.4, 0.5) is 17.1 Å². The maximum atomic E-state index is 13.1. The van der Waals surface area contributed by atoms with Crippen LogP contribution in [-0.4, -0.2) is 22.7 Å². The smallest absolute Gasteiger partial charge is 0.257 e. The second kappa shape index (κ2) is 9.96. The molecule has 1 aliphatic carbocycles. The number of fused-ring (bicyclic) bond motifs is 1. The molecule has 1 saturated carbocycles. The molecule has 2 atom stereocenters. The van der Waals surface area contributed by atoms with Crippen molar-refractivity contribution in [2.45, 2.75) is 23.1 Å². The zero-order valence-corrected chi connectivity index (χ0v) is 22.5. The third-order valence-corrected chi connectivity index (χ3v) is 8.07. The lowest BCUT2D eigenvalue weighted by molar-refractivity contribution is -0.117. The number of aryl methyl sites for hydroxylation is 1. The molecule has 2 aliphatic rings. The van der Waals surface area contributed by atoms with Gasteiger partial charge in [0.05, 0.1) is 16.5 Å². The molecule has 2 unspecified atom stereocenters. The van der Waals surface area contributed by atoms with Gasteiger partial charge in [0.25, 0.3) is 5.91 Å². The Morgan fingerprint density at radius 2 is 1.58 bits per heavy atom. The first-order chi connectivity index (χ1) is 17.1. The summed E-state index contributed by atoms with van der Waals surface area (Å²) in [5.41, 5.74) is 4.19. The predicted molar refractivity (Wildman–Crippen MR) is 148 cm³/mol. The molecule has 0 aromatic heterocycles. The van der Waals surface area contributed by atoms with Crippen molar-refractivity contribution in [3.8, 4) is 0 Å². The molecule has 0 bridgehead atoms. The summed E-state index contributed by atoms with van der Waals surface area (Å²) in [6.45, 7) is 0.940. The van der Waals surface area contributed by atoms with Crippen molar-refractivity contribution in [1.29, 1.82) is 0 Å². The maximum Gasteiger partial charge on any atom is 0.257 e. The number of carbonyl (C=O) groups is 2. The highest BCUT2D eigenvalue weighted by atomic mass is 35.5. The minimum absolute atomic E-state index is 0.224. The SMILES string of the molecule is O=C(Nc1ccc2c(c1)CCCN2)c1cc(NC(=O)C2C(c3cc(Cl)cc(Cl)c3)C2(Cl)Cl)ccc1Cl. The Kier molecular flexibility index (Phi) is 7.05. The summed E-state index contributed by atoms with van der Waals surface area (Å²) >= 11 is 31.4. The second-order valence-corrected chi connectivity index (χ2v) is 11.6. The first kappa shape index (κ1) is 25.5. The summed E-state index contributed by atoms with van der Waals surface area (Å²) < 4.78 is -1.31. The Morgan fingerprint density at radius 3 is 2.33 bits per heavy atom. The highest BCUT2D eigenvalue weighted by molar-refractivity contribution is 6.53. The molecule has 36 heavy (non-hydrogen) atoms. The maximum absolute atomic E-state index is 13.1. The van der Waals surface area contributed by atoms with Crippen molar-refractivity contribution in [3.63, 3.8) is 0 Å². The molecular weight excluding hydrogens is 564 g/mol. The normalized spacial score (nSPS) is 19.6. The van der Waals surface area contributed by atoms with Crippen LogP contribution in [0.2, 0.25) is 15.1 Å². The van der Waals surface area contributed by atoms with E-state index in [0.29, 0.717) is 27.0 Å². The summed E-state index contributed by atoms with van der Waals surface area (Å²) in [5, 5.41) is 10.1. The molecule has 186 valence electrons. The molecule has 1 aliphatic heterocycles. The van der Waals surface area contributed by atoms with Crippen molar-refractivity contribution in [2.24, 2.45) is 5.92 Å². The summed E-state index contributed by atoms with van der Waals surface area (Å²) in [7, 11) is 0. The molecule has 1 fully saturated rings. The van der Waals surface area contributed by atoms with Gasteiger partial charge in [-0.05, 0) is 78.6 Å². The number of nitrogens with one attached hydrogen (secondary N) is 3. The van der Waals surface area contributed by atoms with E-state index in [9.17, 15) is 9.59 Å². The van der Waals surface area contributed by atoms with Gasteiger partial charge in [0.1, 0.15) is 4.33 Å². The number of hydrogen-bond donors (Lipinski definition) is 3. The number of rotatable bonds is 5. The zero-order chi connectivity index (χ0) is 25.6. The van der Waals surface area contributed by atoms with Crippen LogP contribution in [0.25, 0.3) is 0 Å². The van der Waals surface area contributed by atoms with Crippen LogP contribution in [0.3, 0.4) is 0 Å². The van der Waals surface area contributed by atoms with Crippen LogP contribution in [0.1, 0.15) is 33.8 Å². The van der Waals surface area contributed by atoms with Gasteiger partial charge >= 0.3 is 0 Å². The Bertz CT molecular complexity index is 1360. The number of amides is 2. The topological polar surface area (TPSA) is 70.2 Å². The fourth-order valence-electron chi connectivity index (χ4n) is 4.57. The van der Waals surface area contributed by atoms with Gasteiger partial charge in [-0.2, -0.15) is 0 Å². The number of benzene rings is 3. The molecule has 3 aromatic carbocycles. The van der Waals surface area contributed by atoms with Gasteiger partial charge in [0.2, 0.25) is 5.91 Å². The first-order valence-corrected chi connectivity index (χ1v) is 13.1. The van der Waals surface area contributed by atoms with E-state index in [-0.39, 0.29) is 16.5 Å². The van der Waals surface area contributed by atoms with Crippen molar-refractivity contribution < 1.29 is 9.59 Å². The van der Waals surface area contributed by atoms with Crippen molar-refractivity contribution in [2.75, 3.05) is 22.5 Å². The minimum Gasteiger partial charge on any atom is -0.385 e. The number of alkyl halides is 2. The molecule has 1 heterocycles. The fraction of sp³-hybridized carbons (Fsp3) is 0.231. The molecule has 0 radical (unpaired) electrons. The van der Waals surface area contributed by atoms with E-state index in [1.807, 2.05) is 18.2 Å². The van der Waals surface area contributed by atoms with Gasteiger partial charge in [-0.25, -0.2) is 0 Å². The Labute approximate surface area is 233 Å². The Hall–Kier alpha value is -2.15. The standard InChI is InChI=1S/C26H20Cl5N3O2/c27-15-8-14(9-16(28)11-15)22-23(26(22,30)31)25(36)34-18-3-5-20(29)19(12-18)24(35)33-17-4-6-21-13(10-17)2-1-7-32-21/h3-6,8-12,22-23,32H,1-2,7H2,(H,33,35)(H,34,36). The molecule has 3 aromatic rings. The second-order valence-electron chi connectivity index (χ2n) is 8.87. The highest BCUT2D eigenvalue weighted by Gasteiger charge is 2.67. The molecule has 2 amide bonds. The van der Waals surface area contributed by atoms with Crippen LogP contribution in [0, 0.1) is 5.92 Å². The van der Waals surface area contributed by atoms with Crippen LogP contribution in [0.15, 0.2) is 54.6 Å². The van der Waals surface area contributed by atoms with E-state index >= 15 is 0 Å². The molecule has 3 N–H and O–H groups in total. The van der Waals surface area contributed by atoms with Crippen molar-refractivity contribution in [1.82, 2.24) is 0 Å². The average molecular weight is 584 g/mol. The lowest BCUT2D eigenvalue weighted by atomic mass is 10.0. The summed E-state index contributed by atoms with van der Waals surface area (Å²) in [6.07, 6.45) is 1.98. The van der Waals surface area contributed by atoms with Gasteiger partial charge < -0.3 is 16.0 Å². The first-order valence-electron chi connectivity index (χ1n) is 11.3. The lowest BCUT2D eigenvalue weighted by Crippen LogP contribution is -2.18. The number of hydrogen-bond acceptors (Lipinski definition) is 3. The number of anilines is 3. The molecule has 10 heteroatoms.